The molecule has 0 saturated heterocycles. The molecule has 2 aromatic carbocycles. The number of Topliss-reactive ketones (excluding diaryl/α,β-unsaturated/α-hetero) is 2. The summed E-state index contributed by atoms with van der Waals surface area (Å²) in [6.07, 6.45) is 11.9. The van der Waals surface area contributed by atoms with Crippen LogP contribution in [0.15, 0.2) is 53.8 Å². The van der Waals surface area contributed by atoms with Crippen molar-refractivity contribution < 1.29 is 24.0 Å². The van der Waals surface area contributed by atoms with Crippen LogP contribution in [0.1, 0.15) is 99.9 Å². The molecule has 2 aliphatic rings. The number of carbonyl (C=O) groups is 5. The first-order chi connectivity index (χ1) is 27.3. The van der Waals surface area contributed by atoms with Crippen LogP contribution >= 0.6 is 22.7 Å². The molecular formula is C40H50N10O5S2. The minimum atomic E-state index is -0.452. The number of rotatable bonds is 13. The van der Waals surface area contributed by atoms with E-state index in [0.717, 1.165) is 72.2 Å². The Hall–Kier alpha value is -5.68. The van der Waals surface area contributed by atoms with Gasteiger partial charge in [-0.05, 0) is 63.8 Å². The Morgan fingerprint density at radius 1 is 0.702 bits per heavy atom. The summed E-state index contributed by atoms with van der Waals surface area (Å²) in [6, 6.07) is 10.1. The number of amides is 5. The van der Waals surface area contributed by atoms with Gasteiger partial charge in [-0.2, -0.15) is 0 Å². The minimum Gasteiger partial charge on any atom is -0.370 e. The molecule has 57 heavy (non-hydrogen) atoms. The number of thiazole rings is 2. The zero-order valence-corrected chi connectivity index (χ0v) is 34.0. The van der Waals surface area contributed by atoms with E-state index in [1.54, 1.807) is 24.5 Å². The lowest BCUT2D eigenvalue weighted by Gasteiger charge is -2.14. The molecule has 17 heteroatoms. The van der Waals surface area contributed by atoms with Crippen LogP contribution in [0.5, 0.6) is 0 Å². The number of guanidine groups is 1. The average molecular weight is 815 g/mol. The highest BCUT2D eigenvalue weighted by Gasteiger charge is 2.27. The van der Waals surface area contributed by atoms with E-state index >= 15 is 0 Å². The first kappa shape index (κ1) is 42.5. The quantitative estimate of drug-likeness (QED) is 0.0404. The molecule has 0 atom stereocenters. The van der Waals surface area contributed by atoms with Crippen LogP contribution in [0.4, 0.5) is 31.2 Å². The van der Waals surface area contributed by atoms with Gasteiger partial charge < -0.3 is 27.4 Å². The molecule has 15 nitrogen and oxygen atoms in total. The second kappa shape index (κ2) is 20.5. The summed E-state index contributed by atoms with van der Waals surface area (Å²) in [6.45, 7) is 6.18. The molecule has 302 valence electrons. The number of hydrogen-bond donors (Lipinski definition) is 7. The van der Waals surface area contributed by atoms with Gasteiger partial charge in [0.2, 0.25) is 5.91 Å². The Morgan fingerprint density at radius 2 is 1.16 bits per heavy atom. The van der Waals surface area contributed by atoms with Gasteiger partial charge >= 0.3 is 12.1 Å². The maximum Gasteiger partial charge on any atom is 0.325 e. The Balaban J connectivity index is 0.000000218. The lowest BCUT2D eigenvalue weighted by atomic mass is 9.94. The Kier molecular flexibility index (Phi) is 15.3. The summed E-state index contributed by atoms with van der Waals surface area (Å²) >= 11 is 2.63. The van der Waals surface area contributed by atoms with Crippen molar-refractivity contribution in [3.63, 3.8) is 0 Å². The largest absolute Gasteiger partial charge is 0.370 e. The molecule has 0 unspecified atom stereocenters. The van der Waals surface area contributed by atoms with Crippen molar-refractivity contribution in [2.24, 2.45) is 28.3 Å². The van der Waals surface area contributed by atoms with Gasteiger partial charge in [0.15, 0.2) is 27.8 Å². The third-order valence-electron chi connectivity index (χ3n) is 9.54. The maximum absolute atomic E-state index is 12.9. The number of ketones is 2. The highest BCUT2D eigenvalue weighted by molar-refractivity contribution is 7.16. The van der Waals surface area contributed by atoms with Crippen molar-refractivity contribution in [1.29, 1.82) is 0 Å². The third kappa shape index (κ3) is 12.9. The van der Waals surface area contributed by atoms with Gasteiger partial charge in [0.05, 0.1) is 17.9 Å². The van der Waals surface area contributed by atoms with Crippen molar-refractivity contribution >= 4 is 79.8 Å². The lowest BCUT2D eigenvalue weighted by molar-refractivity contribution is -0.118. The van der Waals surface area contributed by atoms with E-state index in [-0.39, 0.29) is 35.3 Å². The van der Waals surface area contributed by atoms with E-state index < -0.39 is 12.1 Å². The predicted molar refractivity (Wildman–Crippen MR) is 226 cm³/mol. The third-order valence-corrected chi connectivity index (χ3v) is 11.4. The van der Waals surface area contributed by atoms with E-state index in [1.165, 1.54) is 29.6 Å². The number of aromatic nitrogens is 2. The molecule has 0 radical (unpaired) electrons. The number of carbonyl (C=O) groups excluding carboxylic acids is 5. The Labute approximate surface area is 339 Å². The van der Waals surface area contributed by atoms with Gasteiger partial charge in [0.25, 0.3) is 0 Å². The van der Waals surface area contributed by atoms with E-state index in [9.17, 15) is 24.0 Å². The maximum atomic E-state index is 12.9. The standard InChI is InChI=1S/C21H26N4O3S.C19H24N6O2S/c1-13-7-8-18(17(11-13)19(27)15-5-3-4-6-15)24-20(28)25-21-23-12-16(29-21)9-10-22-14(2)26;1-11-6-7-15(14(8-11)16(26)12-4-2-3-5-12)24-18(27)25-19-23-10-13(28-19)9-22-17(20)21/h7-8,11-12,15H,3-6,9-10H2,1-2H3,(H,22,26)(H2,23,24,25,28);6-8,10,12H,2-5,9H2,1H3,(H4,20,21,22)(H2,23,24,25,27). The molecule has 4 aromatic rings. The number of aryl methyl sites for hydroxylation is 2. The fourth-order valence-corrected chi connectivity index (χ4v) is 8.25. The van der Waals surface area contributed by atoms with Crippen LogP contribution in [0.3, 0.4) is 0 Å². The van der Waals surface area contributed by atoms with Gasteiger partial charge in [0.1, 0.15) is 0 Å². The van der Waals surface area contributed by atoms with Gasteiger partial charge in [-0.3, -0.25) is 25.0 Å². The van der Waals surface area contributed by atoms with Gasteiger partial charge in [-0.25, -0.2) is 24.5 Å². The molecule has 0 aliphatic heterocycles. The van der Waals surface area contributed by atoms with Crippen molar-refractivity contribution in [1.82, 2.24) is 15.3 Å². The van der Waals surface area contributed by atoms with E-state index in [1.807, 2.05) is 38.1 Å². The molecule has 0 spiro atoms. The number of nitrogens with zero attached hydrogens (tertiary/aromatic N) is 3. The minimum absolute atomic E-state index is 0.000479. The lowest BCUT2D eigenvalue weighted by Crippen LogP contribution is -2.22. The SMILES string of the molecule is CC(=O)NCCc1cnc(NC(=O)Nc2ccc(C)cc2C(=O)C2CCCC2)s1.Cc1ccc(NC(=O)Nc2ncc(CN=C(N)N)s2)c(C(=O)C2CCCC2)c1. The zero-order chi connectivity index (χ0) is 40.9. The fourth-order valence-electron chi connectivity index (χ4n) is 6.71. The summed E-state index contributed by atoms with van der Waals surface area (Å²) in [5.74, 6) is 0.224. The fraction of sp³-hybridized carbons (Fsp3) is 0.400. The van der Waals surface area contributed by atoms with Crippen molar-refractivity contribution in [2.75, 3.05) is 27.8 Å². The number of aliphatic imine (C=N–C) groups is 1. The van der Waals surface area contributed by atoms with Crippen molar-refractivity contribution in [3.05, 3.63) is 80.8 Å². The summed E-state index contributed by atoms with van der Waals surface area (Å²) in [4.78, 5) is 75.6. The van der Waals surface area contributed by atoms with Gasteiger partial charge in [0, 0.05) is 65.0 Å². The highest BCUT2D eigenvalue weighted by Crippen LogP contribution is 2.32. The molecule has 0 bridgehead atoms. The van der Waals surface area contributed by atoms with Crippen LogP contribution in [-0.2, 0) is 17.8 Å². The van der Waals surface area contributed by atoms with Crippen LogP contribution in [0, 0.1) is 25.7 Å². The van der Waals surface area contributed by atoms with E-state index in [2.05, 4.69) is 41.5 Å². The summed E-state index contributed by atoms with van der Waals surface area (Å²) in [7, 11) is 0. The molecular weight excluding hydrogens is 765 g/mol. The number of hydrogen-bond acceptors (Lipinski definition) is 10. The van der Waals surface area contributed by atoms with E-state index in [0.29, 0.717) is 52.3 Å². The molecule has 2 aromatic heterocycles. The number of urea groups is 2. The smallest absolute Gasteiger partial charge is 0.325 e. The molecule has 2 fully saturated rings. The number of anilines is 4. The first-order valence-corrected chi connectivity index (χ1v) is 20.6. The molecule has 5 amide bonds. The molecule has 2 aliphatic carbocycles. The van der Waals surface area contributed by atoms with E-state index in [4.69, 9.17) is 11.5 Å². The Bertz CT molecular complexity index is 2100. The highest BCUT2D eigenvalue weighted by atomic mass is 32.1. The topological polar surface area (TPSA) is 236 Å². The number of benzene rings is 2. The second-order valence-electron chi connectivity index (χ2n) is 14.2. The molecule has 9 N–H and O–H groups in total. The zero-order valence-electron chi connectivity index (χ0n) is 32.4. The normalized spacial score (nSPS) is 13.9. The first-order valence-electron chi connectivity index (χ1n) is 19.0. The number of nitrogens with two attached hydrogens (primary N) is 2. The summed E-state index contributed by atoms with van der Waals surface area (Å²) in [5, 5.41) is 14.6. The molecule has 2 saturated carbocycles. The van der Waals surface area contributed by atoms with Crippen molar-refractivity contribution in [3.8, 4) is 0 Å². The van der Waals surface area contributed by atoms with Crippen LogP contribution in [-0.4, -0.2) is 52.0 Å². The predicted octanol–water partition coefficient (Wildman–Crippen LogP) is 7.39. The summed E-state index contributed by atoms with van der Waals surface area (Å²) < 4.78 is 0. The van der Waals surface area contributed by atoms with Crippen LogP contribution < -0.4 is 38.1 Å². The Morgan fingerprint density at radius 3 is 1.61 bits per heavy atom. The van der Waals surface area contributed by atoms with Gasteiger partial charge in [-0.15, -0.1) is 11.3 Å². The van der Waals surface area contributed by atoms with Gasteiger partial charge in [-0.1, -0.05) is 60.3 Å². The van der Waals surface area contributed by atoms with Crippen LogP contribution in [0.2, 0.25) is 0 Å². The monoisotopic (exact) mass is 814 g/mol. The summed E-state index contributed by atoms with van der Waals surface area (Å²) in [5.41, 5.74) is 14.8. The van der Waals surface area contributed by atoms with Crippen LogP contribution in [0.25, 0.3) is 0 Å². The molecule has 6 rings (SSSR count). The second-order valence-corrected chi connectivity index (χ2v) is 16.4. The number of nitrogens with one attached hydrogen (secondary N) is 5. The molecule has 2 heterocycles. The van der Waals surface area contributed by atoms with Crippen molar-refractivity contribution in [2.45, 2.75) is 85.1 Å². The average Bonchev–Trinajstić information content (AvgIpc) is 4.01.